The van der Waals surface area contributed by atoms with E-state index in [1.807, 2.05) is 50.2 Å². The van der Waals surface area contributed by atoms with Gasteiger partial charge < -0.3 is 9.53 Å². The van der Waals surface area contributed by atoms with Gasteiger partial charge in [-0.2, -0.15) is 0 Å². The number of carbonyl (C=O) groups excluding carboxylic acids is 2. The molecule has 2 aliphatic heterocycles. The van der Waals surface area contributed by atoms with Gasteiger partial charge in [-0.1, -0.05) is 42.8 Å². The molecule has 2 aromatic carbocycles. The Labute approximate surface area is 171 Å². The minimum absolute atomic E-state index is 0.0106. The molecule has 0 spiro atoms. The largest absolute Gasteiger partial charge is 0.374 e. The van der Waals surface area contributed by atoms with Gasteiger partial charge in [0.1, 0.15) is 6.29 Å². The van der Waals surface area contributed by atoms with Crippen molar-refractivity contribution < 1.29 is 14.3 Å². The van der Waals surface area contributed by atoms with Gasteiger partial charge in [-0.05, 0) is 72.6 Å². The second-order valence-corrected chi connectivity index (χ2v) is 8.66. The first-order chi connectivity index (χ1) is 13.4. The number of hydrogen-bond acceptors (Lipinski definition) is 3. The number of rotatable bonds is 5. The number of hydrogen-bond donors (Lipinski definition) is 0. The van der Waals surface area contributed by atoms with Crippen LogP contribution in [0.4, 0.5) is 0 Å². The molecule has 2 saturated heterocycles. The Morgan fingerprint density at radius 3 is 2.36 bits per heavy atom. The van der Waals surface area contributed by atoms with Crippen molar-refractivity contribution in [3.8, 4) is 11.1 Å². The maximum atomic E-state index is 13.4. The molecule has 0 saturated carbocycles. The Morgan fingerprint density at radius 2 is 1.79 bits per heavy atom. The van der Waals surface area contributed by atoms with Crippen LogP contribution in [0.3, 0.4) is 0 Å². The van der Waals surface area contributed by atoms with Crippen LogP contribution in [-0.2, 0) is 14.3 Å². The zero-order valence-electron chi connectivity index (χ0n) is 16.4. The van der Waals surface area contributed by atoms with Gasteiger partial charge in [0, 0.05) is 5.02 Å². The molecule has 5 atom stereocenters. The fourth-order valence-electron chi connectivity index (χ4n) is 5.14. The van der Waals surface area contributed by atoms with Crippen molar-refractivity contribution in [1.82, 2.24) is 0 Å². The third-order valence-electron chi connectivity index (χ3n) is 6.47. The zero-order chi connectivity index (χ0) is 20.0. The van der Waals surface area contributed by atoms with Crippen molar-refractivity contribution in [2.24, 2.45) is 11.8 Å². The molecule has 3 nitrogen and oxygen atoms in total. The summed E-state index contributed by atoms with van der Waals surface area (Å²) in [6.07, 6.45) is 2.89. The second kappa shape index (κ2) is 7.46. The molecular formula is C24H25ClO3. The Bertz CT molecular complexity index is 910. The van der Waals surface area contributed by atoms with Gasteiger partial charge in [-0.25, -0.2) is 0 Å². The summed E-state index contributed by atoms with van der Waals surface area (Å²) >= 11 is 6.13. The standard InChI is InChI=1S/C24H25ClO3/c1-13-9-17(16-5-4-6-18(25)11-16)10-14(2)22(13)19(12-26)24(27)23-15(3)20-7-8-21(23)28-20/h4-6,9-12,15,19-21,23H,7-8H2,1-3H3/t15-,19?,20-,21+,23-/m1/s1. The van der Waals surface area contributed by atoms with E-state index >= 15 is 0 Å². The highest BCUT2D eigenvalue weighted by Gasteiger charge is 2.51. The molecule has 1 unspecified atom stereocenters. The minimum Gasteiger partial charge on any atom is -0.374 e. The third-order valence-corrected chi connectivity index (χ3v) is 6.71. The molecule has 0 amide bonds. The van der Waals surface area contributed by atoms with Gasteiger partial charge >= 0.3 is 0 Å². The number of carbonyl (C=O) groups is 2. The summed E-state index contributed by atoms with van der Waals surface area (Å²) in [5, 5.41) is 0.683. The van der Waals surface area contributed by atoms with Crippen LogP contribution < -0.4 is 0 Å². The number of aryl methyl sites for hydroxylation is 2. The van der Waals surface area contributed by atoms with Crippen molar-refractivity contribution in [2.45, 2.75) is 51.7 Å². The number of ketones is 1. The van der Waals surface area contributed by atoms with E-state index in [9.17, 15) is 9.59 Å². The summed E-state index contributed by atoms with van der Waals surface area (Å²) in [4.78, 5) is 25.4. The van der Waals surface area contributed by atoms with Crippen LogP contribution >= 0.6 is 11.6 Å². The van der Waals surface area contributed by atoms with E-state index in [1.54, 1.807) is 0 Å². The maximum absolute atomic E-state index is 13.4. The summed E-state index contributed by atoms with van der Waals surface area (Å²) in [6, 6.07) is 11.8. The number of ether oxygens (including phenoxy) is 1. The smallest absolute Gasteiger partial charge is 0.153 e. The van der Waals surface area contributed by atoms with Crippen LogP contribution in [0.2, 0.25) is 5.02 Å². The summed E-state index contributed by atoms with van der Waals surface area (Å²) in [5.41, 5.74) is 4.80. The molecular weight excluding hydrogens is 372 g/mol. The monoisotopic (exact) mass is 396 g/mol. The molecule has 28 heavy (non-hydrogen) atoms. The lowest BCUT2D eigenvalue weighted by molar-refractivity contribution is -0.129. The third kappa shape index (κ3) is 3.21. The highest BCUT2D eigenvalue weighted by atomic mass is 35.5. The molecule has 0 aromatic heterocycles. The lowest BCUT2D eigenvalue weighted by Crippen LogP contribution is -2.36. The first kappa shape index (κ1) is 19.4. The van der Waals surface area contributed by atoms with E-state index in [2.05, 4.69) is 6.92 Å². The molecule has 2 aromatic rings. The lowest BCUT2D eigenvalue weighted by atomic mass is 9.73. The van der Waals surface area contributed by atoms with E-state index in [0.717, 1.165) is 46.9 Å². The van der Waals surface area contributed by atoms with E-state index in [4.69, 9.17) is 16.3 Å². The minimum atomic E-state index is -0.733. The fourth-order valence-corrected chi connectivity index (χ4v) is 5.33. The Kier molecular flexibility index (Phi) is 5.15. The summed E-state index contributed by atoms with van der Waals surface area (Å²) in [6.45, 7) is 6.03. The van der Waals surface area contributed by atoms with Gasteiger partial charge in [0.15, 0.2) is 5.78 Å². The molecule has 2 bridgehead atoms. The van der Waals surface area contributed by atoms with Crippen LogP contribution in [0.15, 0.2) is 36.4 Å². The highest BCUT2D eigenvalue weighted by molar-refractivity contribution is 6.30. The van der Waals surface area contributed by atoms with Crippen LogP contribution in [-0.4, -0.2) is 24.3 Å². The first-order valence-corrected chi connectivity index (χ1v) is 10.3. The fraction of sp³-hybridized carbons (Fsp3) is 0.417. The van der Waals surface area contributed by atoms with Gasteiger partial charge in [0.2, 0.25) is 0 Å². The SMILES string of the molecule is Cc1cc(-c2cccc(Cl)c2)cc(C)c1C(C=O)C(=O)[C@@H]1[C@H](C)[C@H]2CC[C@@H]1O2. The number of Topliss-reactive ketones (excluding diaryl/α,β-unsaturated/α-hetero) is 1. The van der Waals surface area contributed by atoms with E-state index < -0.39 is 5.92 Å². The Balaban J connectivity index is 1.69. The predicted octanol–water partition coefficient (Wildman–Crippen LogP) is 5.29. The number of halogens is 1. The van der Waals surface area contributed by atoms with Crippen LogP contribution in [0, 0.1) is 25.7 Å². The van der Waals surface area contributed by atoms with E-state index in [-0.39, 0.29) is 29.8 Å². The van der Waals surface area contributed by atoms with Crippen molar-refractivity contribution >= 4 is 23.7 Å². The summed E-state index contributed by atoms with van der Waals surface area (Å²) < 4.78 is 5.95. The average Bonchev–Trinajstić information content (AvgIpc) is 3.25. The highest BCUT2D eigenvalue weighted by Crippen LogP contribution is 2.45. The van der Waals surface area contributed by atoms with Crippen LogP contribution in [0.25, 0.3) is 11.1 Å². The van der Waals surface area contributed by atoms with Crippen LogP contribution in [0.5, 0.6) is 0 Å². The van der Waals surface area contributed by atoms with Crippen LogP contribution in [0.1, 0.15) is 42.4 Å². The molecule has 2 aliphatic rings. The first-order valence-electron chi connectivity index (χ1n) is 9.92. The molecule has 2 heterocycles. The molecule has 4 rings (SSSR count). The predicted molar refractivity (Wildman–Crippen MR) is 111 cm³/mol. The second-order valence-electron chi connectivity index (χ2n) is 8.23. The topological polar surface area (TPSA) is 43.4 Å². The molecule has 0 N–H and O–H groups in total. The van der Waals surface area contributed by atoms with E-state index in [0.29, 0.717) is 5.02 Å². The zero-order valence-corrected chi connectivity index (χ0v) is 17.2. The van der Waals surface area contributed by atoms with Gasteiger partial charge in [-0.15, -0.1) is 0 Å². The van der Waals surface area contributed by atoms with Gasteiger partial charge in [0.05, 0.1) is 24.0 Å². The Morgan fingerprint density at radius 1 is 1.11 bits per heavy atom. The average molecular weight is 397 g/mol. The Hall–Kier alpha value is -1.97. The van der Waals surface area contributed by atoms with Crippen molar-refractivity contribution in [1.29, 1.82) is 0 Å². The molecule has 0 radical (unpaired) electrons. The molecule has 0 aliphatic carbocycles. The maximum Gasteiger partial charge on any atom is 0.153 e. The molecule has 2 fully saturated rings. The van der Waals surface area contributed by atoms with Gasteiger partial charge in [-0.3, -0.25) is 4.79 Å². The summed E-state index contributed by atoms with van der Waals surface area (Å²) in [7, 11) is 0. The number of fused-ring (bicyclic) bond motifs is 2. The quantitative estimate of drug-likeness (QED) is 0.509. The number of benzene rings is 2. The molecule has 4 heteroatoms. The normalized spacial score (nSPS) is 27.0. The summed E-state index contributed by atoms with van der Waals surface area (Å²) in [5.74, 6) is -0.722. The van der Waals surface area contributed by atoms with E-state index in [1.165, 1.54) is 0 Å². The number of aldehydes is 1. The van der Waals surface area contributed by atoms with Crippen molar-refractivity contribution in [2.75, 3.05) is 0 Å². The lowest BCUT2D eigenvalue weighted by Gasteiger charge is -2.27. The van der Waals surface area contributed by atoms with Gasteiger partial charge in [0.25, 0.3) is 0 Å². The van der Waals surface area contributed by atoms with Crippen molar-refractivity contribution in [3.05, 3.63) is 58.1 Å². The molecule has 146 valence electrons. The van der Waals surface area contributed by atoms with Crippen molar-refractivity contribution in [3.63, 3.8) is 0 Å².